The SMILES string of the molecule is CCNc1ccc(S(=O)(=O)N(CC)CC)cc1NC(=O)CCN.Cl. The molecule has 4 N–H and O–H groups in total. The Kier molecular flexibility index (Phi) is 9.91. The number of carbonyl (C=O) groups excluding carboxylic acids is 1. The van der Waals surface area contributed by atoms with Crippen molar-refractivity contribution >= 4 is 39.7 Å². The summed E-state index contributed by atoms with van der Waals surface area (Å²) in [6, 6.07) is 4.70. The normalized spacial score (nSPS) is 11.0. The molecule has 0 fully saturated rings. The van der Waals surface area contributed by atoms with E-state index < -0.39 is 10.0 Å². The first kappa shape index (κ1) is 22.6. The zero-order chi connectivity index (χ0) is 17.5. The van der Waals surface area contributed by atoms with E-state index in [1.54, 1.807) is 26.0 Å². The minimum Gasteiger partial charge on any atom is -0.384 e. The Hall–Kier alpha value is -1.35. The maximum absolute atomic E-state index is 12.6. The van der Waals surface area contributed by atoms with Gasteiger partial charge in [0.25, 0.3) is 0 Å². The number of benzene rings is 1. The van der Waals surface area contributed by atoms with Crippen molar-refractivity contribution in [2.45, 2.75) is 32.1 Å². The molecule has 0 heterocycles. The van der Waals surface area contributed by atoms with Gasteiger partial charge in [-0.1, -0.05) is 13.8 Å². The van der Waals surface area contributed by atoms with E-state index in [4.69, 9.17) is 5.73 Å². The molecule has 0 spiro atoms. The first-order valence-electron chi connectivity index (χ1n) is 7.78. The molecular formula is C15H27ClN4O3S. The van der Waals surface area contributed by atoms with E-state index in [1.165, 1.54) is 10.4 Å². The van der Waals surface area contributed by atoms with E-state index in [0.717, 1.165) is 0 Å². The molecule has 9 heteroatoms. The van der Waals surface area contributed by atoms with Gasteiger partial charge < -0.3 is 16.4 Å². The Balaban J connectivity index is 0.00000529. The molecular weight excluding hydrogens is 352 g/mol. The largest absolute Gasteiger partial charge is 0.384 e. The second kappa shape index (κ2) is 10.5. The lowest BCUT2D eigenvalue weighted by Crippen LogP contribution is -2.30. The van der Waals surface area contributed by atoms with Gasteiger partial charge in [0.2, 0.25) is 15.9 Å². The van der Waals surface area contributed by atoms with Crippen molar-refractivity contribution in [2.75, 3.05) is 36.8 Å². The molecule has 0 saturated carbocycles. The Morgan fingerprint density at radius 2 is 1.79 bits per heavy atom. The van der Waals surface area contributed by atoms with Gasteiger partial charge in [-0.05, 0) is 25.1 Å². The predicted octanol–water partition coefficient (Wildman–Crippen LogP) is 1.86. The predicted molar refractivity (Wildman–Crippen MR) is 100 cm³/mol. The number of nitrogens with zero attached hydrogens (tertiary/aromatic N) is 1. The van der Waals surface area contributed by atoms with Crippen LogP contribution in [0.1, 0.15) is 27.2 Å². The molecule has 0 unspecified atom stereocenters. The summed E-state index contributed by atoms with van der Waals surface area (Å²) >= 11 is 0. The highest BCUT2D eigenvalue weighted by Gasteiger charge is 2.22. The van der Waals surface area contributed by atoms with Crippen LogP contribution in [0.5, 0.6) is 0 Å². The number of anilines is 2. The number of amides is 1. The second-order valence-electron chi connectivity index (χ2n) is 4.91. The number of halogens is 1. The van der Waals surface area contributed by atoms with Crippen molar-refractivity contribution in [2.24, 2.45) is 5.73 Å². The van der Waals surface area contributed by atoms with Crippen molar-refractivity contribution in [1.82, 2.24) is 4.31 Å². The molecule has 0 aromatic heterocycles. The van der Waals surface area contributed by atoms with E-state index in [9.17, 15) is 13.2 Å². The molecule has 0 aliphatic heterocycles. The van der Waals surface area contributed by atoms with Crippen molar-refractivity contribution in [1.29, 1.82) is 0 Å². The second-order valence-corrected chi connectivity index (χ2v) is 6.85. The number of nitrogens with one attached hydrogen (secondary N) is 2. The first-order valence-corrected chi connectivity index (χ1v) is 9.22. The summed E-state index contributed by atoms with van der Waals surface area (Å²) in [6.45, 7) is 7.18. The van der Waals surface area contributed by atoms with E-state index >= 15 is 0 Å². The first-order chi connectivity index (χ1) is 10.9. The number of nitrogens with two attached hydrogens (primary N) is 1. The van der Waals surface area contributed by atoms with Gasteiger partial charge in [0.05, 0.1) is 16.3 Å². The summed E-state index contributed by atoms with van der Waals surface area (Å²) in [5, 5.41) is 5.82. The van der Waals surface area contributed by atoms with Gasteiger partial charge in [-0.15, -0.1) is 12.4 Å². The molecule has 0 aliphatic carbocycles. The van der Waals surface area contributed by atoms with Crippen LogP contribution in [0.4, 0.5) is 11.4 Å². The average molecular weight is 379 g/mol. The lowest BCUT2D eigenvalue weighted by atomic mass is 10.2. The van der Waals surface area contributed by atoms with Crippen LogP contribution in [-0.2, 0) is 14.8 Å². The Morgan fingerprint density at radius 3 is 2.29 bits per heavy atom. The van der Waals surface area contributed by atoms with Gasteiger partial charge in [0.15, 0.2) is 0 Å². The maximum atomic E-state index is 12.6. The molecule has 0 atom stereocenters. The number of sulfonamides is 1. The van der Waals surface area contributed by atoms with Gasteiger partial charge in [-0.3, -0.25) is 4.79 Å². The summed E-state index contributed by atoms with van der Waals surface area (Å²) in [5.74, 6) is -0.246. The third-order valence-electron chi connectivity index (χ3n) is 3.35. The van der Waals surface area contributed by atoms with Crippen LogP contribution in [0.2, 0.25) is 0 Å². The van der Waals surface area contributed by atoms with Crippen LogP contribution in [0, 0.1) is 0 Å². The van der Waals surface area contributed by atoms with Gasteiger partial charge in [-0.2, -0.15) is 4.31 Å². The molecule has 0 saturated heterocycles. The van der Waals surface area contributed by atoms with Crippen LogP contribution < -0.4 is 16.4 Å². The molecule has 0 bridgehead atoms. The number of hydrogen-bond donors (Lipinski definition) is 3. The highest BCUT2D eigenvalue weighted by molar-refractivity contribution is 7.89. The van der Waals surface area contributed by atoms with E-state index in [2.05, 4.69) is 10.6 Å². The fourth-order valence-corrected chi connectivity index (χ4v) is 3.67. The zero-order valence-electron chi connectivity index (χ0n) is 14.3. The highest BCUT2D eigenvalue weighted by atomic mass is 35.5. The standard InChI is InChI=1S/C15H26N4O3S.ClH/c1-4-17-13-8-7-12(23(21,22)19(5-2)6-3)11-14(13)18-15(20)9-10-16;/h7-8,11,17H,4-6,9-10,16H2,1-3H3,(H,18,20);1H. The van der Waals surface area contributed by atoms with E-state index in [1.807, 2.05) is 6.92 Å². The van der Waals surface area contributed by atoms with Crippen LogP contribution in [0.15, 0.2) is 23.1 Å². The third kappa shape index (κ3) is 5.62. The lowest BCUT2D eigenvalue weighted by molar-refractivity contribution is -0.116. The van der Waals surface area contributed by atoms with Crippen LogP contribution >= 0.6 is 12.4 Å². The Labute approximate surface area is 150 Å². The topological polar surface area (TPSA) is 105 Å². The molecule has 7 nitrogen and oxygen atoms in total. The molecule has 1 amide bonds. The number of hydrogen-bond acceptors (Lipinski definition) is 5. The Morgan fingerprint density at radius 1 is 1.17 bits per heavy atom. The summed E-state index contributed by atoms with van der Waals surface area (Å²) in [5.41, 5.74) is 6.50. The van der Waals surface area contributed by atoms with E-state index in [-0.39, 0.29) is 36.2 Å². The van der Waals surface area contributed by atoms with Crippen LogP contribution in [0.25, 0.3) is 0 Å². The molecule has 0 aliphatic rings. The van der Waals surface area contributed by atoms with Gasteiger partial charge in [0.1, 0.15) is 0 Å². The molecule has 138 valence electrons. The minimum absolute atomic E-state index is 0. The van der Waals surface area contributed by atoms with Crippen molar-refractivity contribution in [3.8, 4) is 0 Å². The van der Waals surface area contributed by atoms with Gasteiger partial charge in [-0.25, -0.2) is 8.42 Å². The van der Waals surface area contributed by atoms with E-state index in [0.29, 0.717) is 31.0 Å². The third-order valence-corrected chi connectivity index (χ3v) is 5.39. The van der Waals surface area contributed by atoms with Crippen LogP contribution in [-0.4, -0.2) is 44.8 Å². The lowest BCUT2D eigenvalue weighted by Gasteiger charge is -2.20. The summed E-state index contributed by atoms with van der Waals surface area (Å²) < 4.78 is 26.6. The van der Waals surface area contributed by atoms with Crippen molar-refractivity contribution in [3.63, 3.8) is 0 Å². The fraction of sp³-hybridized carbons (Fsp3) is 0.533. The smallest absolute Gasteiger partial charge is 0.243 e. The summed E-state index contributed by atoms with van der Waals surface area (Å²) in [4.78, 5) is 12.0. The monoisotopic (exact) mass is 378 g/mol. The van der Waals surface area contributed by atoms with Gasteiger partial charge in [0, 0.05) is 32.6 Å². The molecule has 0 radical (unpaired) electrons. The molecule has 1 rings (SSSR count). The summed E-state index contributed by atoms with van der Waals surface area (Å²) in [7, 11) is -3.57. The van der Waals surface area contributed by atoms with Gasteiger partial charge >= 0.3 is 0 Å². The minimum atomic E-state index is -3.57. The van der Waals surface area contributed by atoms with Crippen LogP contribution in [0.3, 0.4) is 0 Å². The Bertz CT molecular complexity index is 634. The highest BCUT2D eigenvalue weighted by Crippen LogP contribution is 2.27. The quantitative estimate of drug-likeness (QED) is 0.608. The van der Waals surface area contributed by atoms with Crippen molar-refractivity contribution in [3.05, 3.63) is 18.2 Å². The zero-order valence-corrected chi connectivity index (χ0v) is 16.0. The molecule has 1 aromatic rings. The summed E-state index contributed by atoms with van der Waals surface area (Å²) in [6.07, 6.45) is 0.179. The molecule has 1 aromatic carbocycles. The number of carbonyl (C=O) groups is 1. The molecule has 24 heavy (non-hydrogen) atoms. The fourth-order valence-electron chi connectivity index (χ4n) is 2.19. The maximum Gasteiger partial charge on any atom is 0.243 e. The average Bonchev–Trinajstić information content (AvgIpc) is 2.50. The van der Waals surface area contributed by atoms with Crippen molar-refractivity contribution < 1.29 is 13.2 Å². The number of rotatable bonds is 9.